The number of carboxylic acid groups (broad SMARTS) is 1. The van der Waals surface area contributed by atoms with E-state index in [1.807, 2.05) is 0 Å². The molecule has 1 aromatic heterocycles. The normalized spacial score (nSPS) is 13.8. The van der Waals surface area contributed by atoms with Gasteiger partial charge < -0.3 is 9.84 Å². The van der Waals surface area contributed by atoms with E-state index in [4.69, 9.17) is 9.84 Å². The summed E-state index contributed by atoms with van der Waals surface area (Å²) >= 11 is 3.02. The summed E-state index contributed by atoms with van der Waals surface area (Å²) in [7, 11) is 0. The number of hydrogen-bond acceptors (Lipinski definition) is 5. The number of nitro groups is 1. The SMILES string of the molecule is O=C(O)N1CCOc2c1ncc([N+](=O)[O-])c2Br. The highest BCUT2D eigenvalue weighted by Crippen LogP contribution is 2.41. The van der Waals surface area contributed by atoms with Gasteiger partial charge in [-0.3, -0.25) is 15.0 Å². The molecule has 0 aromatic carbocycles. The third-order valence-corrected chi connectivity index (χ3v) is 2.95. The number of nitrogens with zero attached hydrogens (tertiary/aromatic N) is 3. The van der Waals surface area contributed by atoms with Crippen LogP contribution in [0.1, 0.15) is 0 Å². The van der Waals surface area contributed by atoms with Crippen molar-refractivity contribution in [2.24, 2.45) is 0 Å². The summed E-state index contributed by atoms with van der Waals surface area (Å²) in [6.45, 7) is 0.264. The molecule has 1 aromatic rings. The Bertz CT molecular complexity index is 506. The molecule has 0 fully saturated rings. The Morgan fingerprint density at radius 2 is 2.41 bits per heavy atom. The number of halogens is 1. The lowest BCUT2D eigenvalue weighted by molar-refractivity contribution is -0.386. The number of aromatic nitrogens is 1. The van der Waals surface area contributed by atoms with E-state index in [2.05, 4.69) is 20.9 Å². The van der Waals surface area contributed by atoms with Crippen LogP contribution in [-0.4, -0.2) is 34.3 Å². The van der Waals surface area contributed by atoms with Crippen LogP contribution >= 0.6 is 15.9 Å². The summed E-state index contributed by atoms with van der Waals surface area (Å²) in [5.41, 5.74) is -0.268. The average molecular weight is 304 g/mol. The van der Waals surface area contributed by atoms with E-state index in [-0.39, 0.29) is 34.9 Å². The first-order chi connectivity index (χ1) is 8.02. The minimum absolute atomic E-state index is 0.0567. The molecule has 0 aliphatic carbocycles. The predicted octanol–water partition coefficient (Wildman–Crippen LogP) is 1.63. The third-order valence-electron chi connectivity index (χ3n) is 2.18. The molecule has 0 radical (unpaired) electrons. The highest BCUT2D eigenvalue weighted by Gasteiger charge is 2.30. The van der Waals surface area contributed by atoms with Gasteiger partial charge in [0, 0.05) is 0 Å². The molecule has 0 bridgehead atoms. The molecular formula is C8H6BrN3O5. The van der Waals surface area contributed by atoms with Crippen molar-refractivity contribution in [1.29, 1.82) is 0 Å². The Labute approximate surface area is 103 Å². The summed E-state index contributed by atoms with van der Waals surface area (Å²) in [6, 6.07) is 0. The standard InChI is InChI=1S/C8H6BrN3O5/c9-5-4(12(15)16)3-10-7-6(5)17-2-1-11(7)8(13)14/h3H,1-2H2,(H,13,14). The van der Waals surface area contributed by atoms with Gasteiger partial charge in [-0.15, -0.1) is 0 Å². The third kappa shape index (κ3) is 1.88. The second-order valence-corrected chi connectivity index (χ2v) is 3.94. The molecule has 8 nitrogen and oxygen atoms in total. The summed E-state index contributed by atoms with van der Waals surface area (Å²) in [5.74, 6) is 0.133. The number of ether oxygens (including phenoxy) is 1. The molecule has 9 heteroatoms. The van der Waals surface area contributed by atoms with Crippen LogP contribution in [0, 0.1) is 10.1 Å². The molecule has 0 saturated heterocycles. The second kappa shape index (κ2) is 4.17. The first-order valence-electron chi connectivity index (χ1n) is 4.48. The minimum atomic E-state index is -1.18. The van der Waals surface area contributed by atoms with E-state index in [1.54, 1.807) is 0 Å². The van der Waals surface area contributed by atoms with Crippen LogP contribution in [0.3, 0.4) is 0 Å². The van der Waals surface area contributed by atoms with Gasteiger partial charge in [-0.2, -0.15) is 0 Å². The van der Waals surface area contributed by atoms with Crippen LogP contribution in [-0.2, 0) is 0 Å². The second-order valence-electron chi connectivity index (χ2n) is 3.15. The van der Waals surface area contributed by atoms with Crippen molar-refractivity contribution in [1.82, 2.24) is 4.98 Å². The fraction of sp³-hybridized carbons (Fsp3) is 0.250. The molecular weight excluding hydrogens is 298 g/mol. The Morgan fingerprint density at radius 1 is 1.71 bits per heavy atom. The number of carbonyl (C=O) groups is 1. The van der Waals surface area contributed by atoms with Crippen molar-refractivity contribution in [3.63, 3.8) is 0 Å². The maximum atomic E-state index is 10.9. The number of amides is 1. The lowest BCUT2D eigenvalue weighted by Crippen LogP contribution is -2.37. The van der Waals surface area contributed by atoms with E-state index in [9.17, 15) is 14.9 Å². The van der Waals surface area contributed by atoms with E-state index in [1.165, 1.54) is 0 Å². The fourth-order valence-corrected chi connectivity index (χ4v) is 1.97. The van der Waals surface area contributed by atoms with Crippen LogP contribution in [0.5, 0.6) is 5.75 Å². The Balaban J connectivity index is 2.56. The van der Waals surface area contributed by atoms with E-state index in [0.29, 0.717) is 0 Å². The fourth-order valence-electron chi connectivity index (χ4n) is 1.43. The number of hydrogen-bond donors (Lipinski definition) is 1. The molecule has 1 amide bonds. The van der Waals surface area contributed by atoms with Crippen molar-refractivity contribution in [3.8, 4) is 5.75 Å². The molecule has 0 unspecified atom stereocenters. The zero-order valence-electron chi connectivity index (χ0n) is 8.29. The van der Waals surface area contributed by atoms with Gasteiger partial charge in [0.05, 0.1) is 11.5 Å². The zero-order valence-corrected chi connectivity index (χ0v) is 9.88. The molecule has 1 N–H and O–H groups in total. The maximum absolute atomic E-state index is 10.9. The highest BCUT2D eigenvalue weighted by atomic mass is 79.9. The van der Waals surface area contributed by atoms with Gasteiger partial charge in [0.1, 0.15) is 17.3 Å². The quantitative estimate of drug-likeness (QED) is 0.624. The van der Waals surface area contributed by atoms with Gasteiger partial charge in [0.15, 0.2) is 11.6 Å². The molecule has 2 rings (SSSR count). The van der Waals surface area contributed by atoms with Gasteiger partial charge in [0.25, 0.3) is 0 Å². The molecule has 0 spiro atoms. The van der Waals surface area contributed by atoms with Crippen molar-refractivity contribution >= 4 is 33.5 Å². The van der Waals surface area contributed by atoms with Crippen molar-refractivity contribution in [3.05, 3.63) is 20.8 Å². The minimum Gasteiger partial charge on any atom is -0.486 e. The summed E-state index contributed by atoms with van der Waals surface area (Å²) in [5, 5.41) is 19.6. The maximum Gasteiger partial charge on any atom is 0.413 e. The molecule has 90 valence electrons. The summed E-state index contributed by atoms with van der Waals surface area (Å²) in [6.07, 6.45) is -0.184. The largest absolute Gasteiger partial charge is 0.486 e. The Hall–Kier alpha value is -1.90. The van der Waals surface area contributed by atoms with Gasteiger partial charge >= 0.3 is 11.8 Å². The summed E-state index contributed by atoms with van der Waals surface area (Å²) < 4.78 is 5.30. The summed E-state index contributed by atoms with van der Waals surface area (Å²) in [4.78, 5) is 25.7. The highest BCUT2D eigenvalue weighted by molar-refractivity contribution is 9.10. The predicted molar refractivity (Wildman–Crippen MR) is 59.5 cm³/mol. The number of pyridine rings is 1. The molecule has 1 aliphatic heterocycles. The number of anilines is 1. The van der Waals surface area contributed by atoms with Crippen LogP contribution in [0.25, 0.3) is 0 Å². The first-order valence-corrected chi connectivity index (χ1v) is 5.28. The Kier molecular flexibility index (Phi) is 2.84. The van der Waals surface area contributed by atoms with Gasteiger partial charge in [-0.1, -0.05) is 0 Å². The Morgan fingerprint density at radius 3 is 3.00 bits per heavy atom. The monoisotopic (exact) mass is 303 g/mol. The smallest absolute Gasteiger partial charge is 0.413 e. The average Bonchev–Trinajstić information content (AvgIpc) is 2.28. The van der Waals surface area contributed by atoms with E-state index in [0.717, 1.165) is 11.1 Å². The van der Waals surface area contributed by atoms with Gasteiger partial charge in [-0.25, -0.2) is 9.78 Å². The topological polar surface area (TPSA) is 106 Å². The zero-order chi connectivity index (χ0) is 12.6. The van der Waals surface area contributed by atoms with Crippen LogP contribution in [0.2, 0.25) is 0 Å². The van der Waals surface area contributed by atoms with Crippen LogP contribution in [0.15, 0.2) is 10.7 Å². The number of fused-ring (bicyclic) bond motifs is 1. The first kappa shape index (κ1) is 11.6. The lowest BCUT2D eigenvalue weighted by Gasteiger charge is -2.26. The molecule has 17 heavy (non-hydrogen) atoms. The van der Waals surface area contributed by atoms with E-state index < -0.39 is 11.0 Å². The van der Waals surface area contributed by atoms with Crippen molar-refractivity contribution in [2.45, 2.75) is 0 Å². The van der Waals surface area contributed by atoms with Crippen molar-refractivity contribution < 1.29 is 19.6 Å². The molecule has 0 atom stereocenters. The van der Waals surface area contributed by atoms with Gasteiger partial charge in [0.2, 0.25) is 0 Å². The number of rotatable bonds is 1. The molecule has 1 aliphatic rings. The van der Waals surface area contributed by atoms with E-state index >= 15 is 0 Å². The van der Waals surface area contributed by atoms with Crippen molar-refractivity contribution in [2.75, 3.05) is 18.1 Å². The van der Waals surface area contributed by atoms with Crippen LogP contribution < -0.4 is 9.64 Å². The molecule has 0 saturated carbocycles. The molecule has 2 heterocycles. The van der Waals surface area contributed by atoms with Crippen LogP contribution in [0.4, 0.5) is 16.3 Å². The lowest BCUT2D eigenvalue weighted by atomic mass is 10.3. The van der Waals surface area contributed by atoms with Gasteiger partial charge in [-0.05, 0) is 15.9 Å².